The number of aliphatic imine (C=N–C) groups is 1. The Morgan fingerprint density at radius 3 is 2.70 bits per heavy atom. The molecule has 8 heteroatoms. The van der Waals surface area contributed by atoms with Crippen LogP contribution >= 0.6 is 0 Å². The molecule has 0 bridgehead atoms. The molecule has 0 radical (unpaired) electrons. The molecule has 1 aliphatic heterocycles. The number of piperidine rings is 1. The zero-order valence-electron chi connectivity index (χ0n) is 16.0. The first-order valence-corrected chi connectivity index (χ1v) is 9.41. The second-order valence-electron chi connectivity index (χ2n) is 6.52. The third-order valence-corrected chi connectivity index (χ3v) is 4.55. The summed E-state index contributed by atoms with van der Waals surface area (Å²) in [6.07, 6.45) is 4.25. The van der Waals surface area contributed by atoms with Crippen LogP contribution in [-0.2, 0) is 24.9 Å². The number of nitrogens with zero attached hydrogens (tertiary/aromatic N) is 5. The molecule has 1 aromatic carbocycles. The van der Waals surface area contributed by atoms with Gasteiger partial charge in [0.25, 0.3) is 0 Å². The Balaban J connectivity index is 1.60. The normalized spacial score (nSPS) is 15.1. The number of carbonyl (C=O) groups excluding carboxylic acids is 1. The van der Waals surface area contributed by atoms with Crippen LogP contribution in [0.5, 0.6) is 0 Å². The largest absolute Gasteiger partial charge is 0.357 e. The standard InChI is InChI=1S/C19H27N7O/c1-3-20-19(22-13-17-23-14-24-25(17)2)21-12-15-7-9-16(10-8-15)26-11-5-4-6-18(26)27/h7-10,14H,3-6,11-13H2,1-2H3,(H2,20,21,22). The van der Waals surface area contributed by atoms with Gasteiger partial charge in [0, 0.05) is 32.2 Å². The van der Waals surface area contributed by atoms with Crippen LogP contribution in [0.2, 0.25) is 0 Å². The number of aromatic nitrogens is 3. The van der Waals surface area contributed by atoms with Gasteiger partial charge in [-0.3, -0.25) is 9.48 Å². The van der Waals surface area contributed by atoms with E-state index in [9.17, 15) is 4.79 Å². The van der Waals surface area contributed by atoms with Crippen molar-refractivity contribution in [1.29, 1.82) is 0 Å². The molecule has 1 amide bonds. The van der Waals surface area contributed by atoms with Crippen molar-refractivity contribution in [2.45, 2.75) is 39.3 Å². The molecule has 2 aromatic rings. The second kappa shape index (κ2) is 9.16. The van der Waals surface area contributed by atoms with Crippen LogP contribution in [0.1, 0.15) is 37.6 Å². The topological polar surface area (TPSA) is 87.4 Å². The highest BCUT2D eigenvalue weighted by Crippen LogP contribution is 2.21. The van der Waals surface area contributed by atoms with E-state index in [0.29, 0.717) is 19.5 Å². The third-order valence-electron chi connectivity index (χ3n) is 4.55. The van der Waals surface area contributed by atoms with E-state index in [1.54, 1.807) is 4.68 Å². The van der Waals surface area contributed by atoms with E-state index in [4.69, 9.17) is 0 Å². The number of hydrogen-bond acceptors (Lipinski definition) is 4. The van der Waals surface area contributed by atoms with Crippen LogP contribution in [0, 0.1) is 0 Å². The monoisotopic (exact) mass is 369 g/mol. The summed E-state index contributed by atoms with van der Waals surface area (Å²) in [7, 11) is 1.86. The van der Waals surface area contributed by atoms with E-state index in [0.717, 1.165) is 49.0 Å². The molecule has 0 saturated carbocycles. The minimum atomic E-state index is 0.217. The fourth-order valence-electron chi connectivity index (χ4n) is 3.02. The summed E-state index contributed by atoms with van der Waals surface area (Å²) in [5, 5.41) is 10.6. The smallest absolute Gasteiger partial charge is 0.226 e. The molecule has 3 rings (SSSR count). The lowest BCUT2D eigenvalue weighted by Crippen LogP contribution is -2.37. The molecular formula is C19H27N7O. The molecule has 1 fully saturated rings. The van der Waals surface area contributed by atoms with E-state index in [1.165, 1.54) is 6.33 Å². The van der Waals surface area contributed by atoms with Gasteiger partial charge >= 0.3 is 0 Å². The predicted octanol–water partition coefficient (Wildman–Crippen LogP) is 1.59. The fraction of sp³-hybridized carbons (Fsp3) is 0.474. The lowest BCUT2D eigenvalue weighted by Gasteiger charge is -2.26. The Labute approximate surface area is 159 Å². The summed E-state index contributed by atoms with van der Waals surface area (Å²) < 4.78 is 1.73. The summed E-state index contributed by atoms with van der Waals surface area (Å²) >= 11 is 0. The van der Waals surface area contributed by atoms with Crippen molar-refractivity contribution in [3.8, 4) is 0 Å². The lowest BCUT2D eigenvalue weighted by molar-refractivity contribution is -0.119. The third kappa shape index (κ3) is 5.06. The Morgan fingerprint density at radius 1 is 1.22 bits per heavy atom. The highest BCUT2D eigenvalue weighted by Gasteiger charge is 2.19. The van der Waals surface area contributed by atoms with Gasteiger partial charge in [-0.1, -0.05) is 12.1 Å². The molecule has 1 aromatic heterocycles. The second-order valence-corrected chi connectivity index (χ2v) is 6.52. The van der Waals surface area contributed by atoms with Crippen molar-refractivity contribution in [3.05, 3.63) is 42.0 Å². The minimum absolute atomic E-state index is 0.217. The summed E-state index contributed by atoms with van der Waals surface area (Å²) in [6, 6.07) is 8.09. The Bertz CT molecular complexity index is 782. The van der Waals surface area contributed by atoms with Gasteiger partial charge < -0.3 is 15.5 Å². The Morgan fingerprint density at radius 2 is 2.04 bits per heavy atom. The summed E-state index contributed by atoms with van der Waals surface area (Å²) in [5.41, 5.74) is 2.07. The predicted molar refractivity (Wildman–Crippen MR) is 105 cm³/mol. The zero-order chi connectivity index (χ0) is 19.1. The quantitative estimate of drug-likeness (QED) is 0.596. The Hall–Kier alpha value is -2.90. The molecule has 0 aliphatic carbocycles. The summed E-state index contributed by atoms with van der Waals surface area (Å²) in [5.74, 6) is 1.79. The summed E-state index contributed by atoms with van der Waals surface area (Å²) in [6.45, 7) is 4.73. The highest BCUT2D eigenvalue weighted by atomic mass is 16.2. The van der Waals surface area contributed by atoms with Crippen LogP contribution in [0.3, 0.4) is 0 Å². The molecule has 144 valence electrons. The van der Waals surface area contributed by atoms with Crippen molar-refractivity contribution in [1.82, 2.24) is 25.4 Å². The minimum Gasteiger partial charge on any atom is -0.357 e. The molecular weight excluding hydrogens is 342 g/mol. The number of hydrogen-bond donors (Lipinski definition) is 2. The van der Waals surface area contributed by atoms with Gasteiger partial charge in [0.15, 0.2) is 5.96 Å². The van der Waals surface area contributed by atoms with Crippen molar-refractivity contribution in [2.75, 3.05) is 18.0 Å². The first kappa shape index (κ1) is 18.9. The maximum absolute atomic E-state index is 12.0. The van der Waals surface area contributed by atoms with Crippen molar-refractivity contribution in [2.24, 2.45) is 12.0 Å². The number of guanidine groups is 1. The molecule has 0 atom stereocenters. The molecule has 0 unspecified atom stereocenters. The molecule has 8 nitrogen and oxygen atoms in total. The number of aryl methyl sites for hydroxylation is 1. The van der Waals surface area contributed by atoms with Crippen molar-refractivity contribution < 1.29 is 4.79 Å². The SMILES string of the molecule is CCNC(=NCc1ccc(N2CCCCC2=O)cc1)NCc1ncnn1C. The average Bonchev–Trinajstić information content (AvgIpc) is 3.10. The Kier molecular flexibility index (Phi) is 6.40. The maximum Gasteiger partial charge on any atom is 0.226 e. The first-order valence-electron chi connectivity index (χ1n) is 9.41. The van der Waals surface area contributed by atoms with E-state index in [-0.39, 0.29) is 5.91 Å². The number of rotatable bonds is 6. The van der Waals surface area contributed by atoms with Gasteiger partial charge in [0.2, 0.25) is 5.91 Å². The van der Waals surface area contributed by atoms with E-state index in [2.05, 4.69) is 25.7 Å². The van der Waals surface area contributed by atoms with Crippen molar-refractivity contribution in [3.63, 3.8) is 0 Å². The number of anilines is 1. The van der Waals surface area contributed by atoms with Crippen LogP contribution in [0.25, 0.3) is 0 Å². The number of carbonyl (C=O) groups is 1. The van der Waals surface area contributed by atoms with Crippen LogP contribution in [0.15, 0.2) is 35.6 Å². The van der Waals surface area contributed by atoms with Gasteiger partial charge in [-0.25, -0.2) is 9.98 Å². The molecule has 1 saturated heterocycles. The van der Waals surface area contributed by atoms with Gasteiger partial charge in [-0.15, -0.1) is 0 Å². The summed E-state index contributed by atoms with van der Waals surface area (Å²) in [4.78, 5) is 22.7. The van der Waals surface area contributed by atoms with Crippen LogP contribution in [0.4, 0.5) is 5.69 Å². The molecule has 27 heavy (non-hydrogen) atoms. The van der Waals surface area contributed by atoms with Gasteiger partial charge in [0.1, 0.15) is 12.2 Å². The van der Waals surface area contributed by atoms with Crippen LogP contribution < -0.4 is 15.5 Å². The highest BCUT2D eigenvalue weighted by molar-refractivity contribution is 5.93. The maximum atomic E-state index is 12.0. The first-order chi connectivity index (χ1) is 13.2. The van der Waals surface area contributed by atoms with Gasteiger partial charge in [-0.05, 0) is 37.5 Å². The number of benzene rings is 1. The average molecular weight is 369 g/mol. The number of nitrogens with one attached hydrogen (secondary N) is 2. The molecule has 2 N–H and O–H groups in total. The van der Waals surface area contributed by atoms with Crippen LogP contribution in [-0.4, -0.2) is 39.7 Å². The number of amides is 1. The molecule has 1 aliphatic rings. The van der Waals surface area contributed by atoms with Crippen molar-refractivity contribution >= 4 is 17.6 Å². The molecule has 2 heterocycles. The fourth-order valence-corrected chi connectivity index (χ4v) is 3.02. The molecule has 0 spiro atoms. The van der Waals surface area contributed by atoms with E-state index in [1.807, 2.05) is 43.1 Å². The van der Waals surface area contributed by atoms with E-state index >= 15 is 0 Å². The zero-order valence-corrected chi connectivity index (χ0v) is 16.0. The lowest BCUT2D eigenvalue weighted by atomic mass is 10.1. The van der Waals surface area contributed by atoms with Gasteiger partial charge in [-0.2, -0.15) is 5.10 Å². The van der Waals surface area contributed by atoms with Gasteiger partial charge in [0.05, 0.1) is 13.1 Å². The van der Waals surface area contributed by atoms with E-state index < -0.39 is 0 Å².